The fraction of sp³-hybridized carbons (Fsp3) is 0.240. The van der Waals surface area contributed by atoms with Gasteiger partial charge < -0.3 is 0 Å². The smallest absolute Gasteiger partial charge is 0.286 e. The lowest BCUT2D eigenvalue weighted by molar-refractivity contribution is 0.254. The summed E-state index contributed by atoms with van der Waals surface area (Å²) in [5, 5.41) is 1.29. The number of benzene rings is 3. The summed E-state index contributed by atoms with van der Waals surface area (Å²) < 4.78 is 0. The SMILES string of the molecule is CC[C@]1(C)[C@H](c2cccc(C)c2)N(c2ccc(Cl)cc2)C(=O)N1c1ccc(Cl)cc1. The van der Waals surface area contributed by atoms with Crippen molar-refractivity contribution in [3.63, 3.8) is 0 Å². The van der Waals surface area contributed by atoms with Crippen LogP contribution in [0.15, 0.2) is 72.8 Å². The van der Waals surface area contributed by atoms with Crippen LogP contribution in [0.3, 0.4) is 0 Å². The standard InChI is InChI=1S/C25H24Cl2N2O/c1-4-25(3)23(18-7-5-6-17(2)16-18)28(21-12-8-19(26)9-13-21)24(30)29(25)22-14-10-20(27)11-15-22/h5-16,23H,4H2,1-3H3/t23-,25+/m0/s1. The van der Waals surface area contributed by atoms with Crippen LogP contribution in [0.25, 0.3) is 0 Å². The molecule has 0 saturated carbocycles. The Bertz CT molecular complexity index is 1070. The maximum atomic E-state index is 13.9. The zero-order chi connectivity index (χ0) is 21.5. The van der Waals surface area contributed by atoms with Gasteiger partial charge in [0, 0.05) is 21.4 Å². The largest absolute Gasteiger partial charge is 0.330 e. The predicted molar refractivity (Wildman–Crippen MR) is 126 cm³/mol. The molecular formula is C25H24Cl2N2O. The predicted octanol–water partition coefficient (Wildman–Crippen LogP) is 7.66. The number of halogens is 2. The summed E-state index contributed by atoms with van der Waals surface area (Å²) in [5.74, 6) is 0. The van der Waals surface area contributed by atoms with Gasteiger partial charge in [-0.25, -0.2) is 4.79 Å². The number of carbonyl (C=O) groups is 1. The van der Waals surface area contributed by atoms with Crippen LogP contribution in [-0.2, 0) is 0 Å². The molecule has 3 aromatic carbocycles. The van der Waals surface area contributed by atoms with E-state index in [1.807, 2.05) is 58.3 Å². The van der Waals surface area contributed by atoms with Crippen molar-refractivity contribution in [2.45, 2.75) is 38.8 Å². The van der Waals surface area contributed by atoms with Gasteiger partial charge in [0.1, 0.15) is 0 Å². The number of rotatable bonds is 4. The van der Waals surface area contributed by atoms with Gasteiger partial charge in [0.05, 0.1) is 11.6 Å². The first-order chi connectivity index (χ1) is 14.3. The summed E-state index contributed by atoms with van der Waals surface area (Å²) >= 11 is 12.2. The van der Waals surface area contributed by atoms with Gasteiger partial charge in [-0.3, -0.25) is 9.80 Å². The van der Waals surface area contributed by atoms with Crippen LogP contribution in [-0.4, -0.2) is 11.6 Å². The van der Waals surface area contributed by atoms with Gasteiger partial charge in [0.25, 0.3) is 0 Å². The highest BCUT2D eigenvalue weighted by atomic mass is 35.5. The third-order valence-electron chi connectivity index (χ3n) is 6.02. The van der Waals surface area contributed by atoms with Gasteiger partial charge in [-0.15, -0.1) is 0 Å². The molecule has 0 aromatic heterocycles. The summed E-state index contributed by atoms with van der Waals surface area (Å²) in [7, 11) is 0. The van der Waals surface area contributed by atoms with Crippen molar-refractivity contribution in [3.8, 4) is 0 Å². The number of amides is 2. The summed E-state index contributed by atoms with van der Waals surface area (Å²) in [5.41, 5.74) is 3.48. The number of anilines is 2. The zero-order valence-electron chi connectivity index (χ0n) is 17.3. The van der Waals surface area contributed by atoms with E-state index < -0.39 is 5.54 Å². The van der Waals surface area contributed by atoms with Gasteiger partial charge >= 0.3 is 6.03 Å². The first-order valence-electron chi connectivity index (χ1n) is 10.1. The van der Waals surface area contributed by atoms with Crippen LogP contribution in [0.5, 0.6) is 0 Å². The fourth-order valence-electron chi connectivity index (χ4n) is 4.39. The minimum absolute atomic E-state index is 0.0597. The molecule has 0 radical (unpaired) electrons. The van der Waals surface area contributed by atoms with Crippen LogP contribution in [0.2, 0.25) is 10.0 Å². The van der Waals surface area contributed by atoms with Crippen molar-refractivity contribution in [3.05, 3.63) is 94.0 Å². The number of nitrogens with zero attached hydrogens (tertiary/aromatic N) is 2. The van der Waals surface area contributed by atoms with Gasteiger partial charge in [-0.1, -0.05) is 60.0 Å². The molecule has 30 heavy (non-hydrogen) atoms. The van der Waals surface area contributed by atoms with E-state index >= 15 is 0 Å². The summed E-state index contributed by atoms with van der Waals surface area (Å²) in [6.45, 7) is 6.36. The van der Waals surface area contributed by atoms with Gasteiger partial charge in [-0.05, 0) is 74.4 Å². The molecule has 1 heterocycles. The monoisotopic (exact) mass is 438 g/mol. The molecule has 4 rings (SSSR count). The Morgan fingerprint density at radius 2 is 1.47 bits per heavy atom. The molecule has 0 spiro atoms. The molecule has 2 atom stereocenters. The molecule has 1 aliphatic rings. The Kier molecular flexibility index (Phi) is 5.52. The first kappa shape index (κ1) is 20.8. The fourth-order valence-corrected chi connectivity index (χ4v) is 4.65. The summed E-state index contributed by atoms with van der Waals surface area (Å²) in [6, 6.07) is 23.1. The summed E-state index contributed by atoms with van der Waals surface area (Å²) in [6.07, 6.45) is 0.782. The third-order valence-corrected chi connectivity index (χ3v) is 6.52. The van der Waals surface area contributed by atoms with Crippen LogP contribution in [0, 0.1) is 6.92 Å². The molecule has 0 N–H and O–H groups in total. The zero-order valence-corrected chi connectivity index (χ0v) is 18.8. The molecule has 3 nitrogen and oxygen atoms in total. The number of hydrogen-bond acceptors (Lipinski definition) is 1. The number of aryl methyl sites for hydroxylation is 1. The number of carbonyl (C=O) groups excluding carboxylic acids is 1. The molecule has 0 bridgehead atoms. The molecule has 2 amide bonds. The molecule has 1 saturated heterocycles. The Morgan fingerprint density at radius 1 is 0.900 bits per heavy atom. The Balaban J connectivity index is 1.93. The van der Waals surface area contributed by atoms with Crippen LogP contribution in [0.1, 0.15) is 37.4 Å². The molecular weight excluding hydrogens is 415 g/mol. The van der Waals surface area contributed by atoms with Crippen molar-refractivity contribution in [1.29, 1.82) is 0 Å². The van der Waals surface area contributed by atoms with Gasteiger partial charge in [0.2, 0.25) is 0 Å². The quantitative estimate of drug-likeness (QED) is 0.409. The van der Waals surface area contributed by atoms with Crippen molar-refractivity contribution in [2.24, 2.45) is 0 Å². The van der Waals surface area contributed by atoms with Crippen molar-refractivity contribution < 1.29 is 4.79 Å². The molecule has 1 fully saturated rings. The lowest BCUT2D eigenvalue weighted by Gasteiger charge is -2.38. The minimum Gasteiger partial charge on any atom is -0.286 e. The number of urea groups is 1. The second-order valence-corrected chi connectivity index (χ2v) is 8.84. The van der Waals surface area contributed by atoms with Crippen LogP contribution in [0.4, 0.5) is 16.2 Å². The van der Waals surface area contributed by atoms with Crippen molar-refractivity contribution in [1.82, 2.24) is 0 Å². The van der Waals surface area contributed by atoms with Gasteiger partial charge in [0.15, 0.2) is 0 Å². The van der Waals surface area contributed by atoms with E-state index in [0.29, 0.717) is 10.0 Å². The maximum absolute atomic E-state index is 13.9. The van der Waals surface area contributed by atoms with E-state index in [4.69, 9.17) is 23.2 Å². The maximum Gasteiger partial charge on any atom is 0.330 e. The molecule has 5 heteroatoms. The lowest BCUT2D eigenvalue weighted by Crippen LogP contribution is -2.45. The normalized spacial score (nSPS) is 21.4. The molecule has 154 valence electrons. The average molecular weight is 439 g/mol. The van der Waals surface area contributed by atoms with E-state index in [9.17, 15) is 4.79 Å². The topological polar surface area (TPSA) is 23.6 Å². The highest BCUT2D eigenvalue weighted by molar-refractivity contribution is 6.31. The molecule has 0 unspecified atom stereocenters. The lowest BCUT2D eigenvalue weighted by atomic mass is 9.83. The van der Waals surface area contributed by atoms with Crippen molar-refractivity contribution in [2.75, 3.05) is 9.80 Å². The van der Waals surface area contributed by atoms with E-state index in [-0.39, 0.29) is 12.1 Å². The number of hydrogen-bond donors (Lipinski definition) is 0. The molecule has 0 aliphatic carbocycles. The van der Waals surface area contributed by atoms with E-state index in [1.54, 1.807) is 0 Å². The Hall–Kier alpha value is -2.49. The van der Waals surface area contributed by atoms with E-state index in [2.05, 4.69) is 45.0 Å². The Morgan fingerprint density at radius 3 is 2.00 bits per heavy atom. The summed E-state index contributed by atoms with van der Waals surface area (Å²) in [4.78, 5) is 17.7. The Labute approximate surface area is 187 Å². The van der Waals surface area contributed by atoms with Gasteiger partial charge in [-0.2, -0.15) is 0 Å². The molecule has 3 aromatic rings. The van der Waals surface area contributed by atoms with E-state index in [0.717, 1.165) is 23.4 Å². The van der Waals surface area contributed by atoms with Crippen molar-refractivity contribution >= 4 is 40.6 Å². The second-order valence-electron chi connectivity index (χ2n) is 7.97. The second kappa shape index (κ2) is 7.98. The highest BCUT2D eigenvalue weighted by Gasteiger charge is 2.55. The third kappa shape index (κ3) is 3.46. The minimum atomic E-state index is -0.460. The first-order valence-corrected chi connectivity index (χ1v) is 10.8. The molecule has 1 aliphatic heterocycles. The van der Waals surface area contributed by atoms with E-state index in [1.165, 1.54) is 5.56 Å². The average Bonchev–Trinajstić information content (AvgIpc) is 2.97. The highest BCUT2D eigenvalue weighted by Crippen LogP contribution is 2.49. The van der Waals surface area contributed by atoms with Crippen LogP contribution >= 0.6 is 23.2 Å². The van der Waals surface area contributed by atoms with Crippen LogP contribution < -0.4 is 9.80 Å².